The molecule has 31 heavy (non-hydrogen) atoms. The summed E-state index contributed by atoms with van der Waals surface area (Å²) in [4.78, 5) is 14.8. The molecule has 2 atom stereocenters. The van der Waals surface area contributed by atoms with Crippen molar-refractivity contribution in [2.75, 3.05) is 31.3 Å². The number of aromatic nitrogens is 6. The number of hydrogen-bond donors (Lipinski definition) is 1. The van der Waals surface area contributed by atoms with Crippen LogP contribution in [0.25, 0.3) is 11.4 Å². The van der Waals surface area contributed by atoms with Crippen LogP contribution in [0, 0.1) is 5.82 Å². The van der Waals surface area contributed by atoms with E-state index in [2.05, 4.69) is 25.1 Å². The van der Waals surface area contributed by atoms with Crippen molar-refractivity contribution in [2.45, 2.75) is 42.8 Å². The van der Waals surface area contributed by atoms with Crippen molar-refractivity contribution in [3.8, 4) is 11.4 Å². The van der Waals surface area contributed by atoms with Crippen molar-refractivity contribution < 1.29 is 9.13 Å². The van der Waals surface area contributed by atoms with E-state index >= 15 is 0 Å². The zero-order valence-corrected chi connectivity index (χ0v) is 18.5. The Morgan fingerprint density at radius 3 is 2.68 bits per heavy atom. The highest BCUT2D eigenvalue weighted by Gasteiger charge is 2.24. The number of nitrogens with zero attached hydrogens (tertiary/aromatic N) is 7. The number of ether oxygens (including phenoxy) is 1. The van der Waals surface area contributed by atoms with Crippen molar-refractivity contribution in [2.24, 2.45) is 0 Å². The summed E-state index contributed by atoms with van der Waals surface area (Å²) >= 11 is 1.49. The van der Waals surface area contributed by atoms with Gasteiger partial charge in [-0.3, -0.25) is 4.57 Å². The molecule has 2 aromatic heterocycles. The van der Waals surface area contributed by atoms with Gasteiger partial charge in [0.1, 0.15) is 11.6 Å². The molecule has 2 N–H and O–H groups in total. The Morgan fingerprint density at radius 1 is 1.23 bits per heavy atom. The summed E-state index contributed by atoms with van der Waals surface area (Å²) in [7, 11) is 3.70. The van der Waals surface area contributed by atoms with Gasteiger partial charge in [-0.25, -0.2) is 4.39 Å². The van der Waals surface area contributed by atoms with E-state index in [0.29, 0.717) is 29.3 Å². The first-order valence-electron chi connectivity index (χ1n) is 10.1. The fourth-order valence-electron chi connectivity index (χ4n) is 3.33. The van der Waals surface area contributed by atoms with Gasteiger partial charge in [-0.1, -0.05) is 11.8 Å². The summed E-state index contributed by atoms with van der Waals surface area (Å²) in [6.07, 6.45) is 2.12. The summed E-state index contributed by atoms with van der Waals surface area (Å²) in [5.74, 6) is 1.63. The normalized spacial score (nSPS) is 17.1. The molecule has 4 rings (SSSR count). The van der Waals surface area contributed by atoms with Crippen LogP contribution in [-0.2, 0) is 11.3 Å². The molecular weight excluding hydrogens is 419 g/mol. The van der Waals surface area contributed by atoms with Gasteiger partial charge in [0.2, 0.25) is 11.9 Å². The van der Waals surface area contributed by atoms with Crippen molar-refractivity contribution >= 4 is 23.7 Å². The molecule has 0 saturated carbocycles. The fourth-order valence-corrected chi connectivity index (χ4v) is 4.24. The Morgan fingerprint density at radius 2 is 2.00 bits per heavy atom. The zero-order valence-electron chi connectivity index (χ0n) is 17.7. The van der Waals surface area contributed by atoms with E-state index in [4.69, 9.17) is 10.5 Å². The highest BCUT2D eigenvalue weighted by molar-refractivity contribution is 7.99. The third-order valence-electron chi connectivity index (χ3n) is 4.93. The molecule has 0 unspecified atom stereocenters. The standard InChI is InChI=1S/C20H25FN8OS/c1-12(16-23-18(22)25-19(24-16)28(2)3)31-20-27-26-17(13-6-8-14(21)9-7-13)29(20)11-15-5-4-10-30-15/h6-9,12,15H,4-5,10-11H2,1-3H3,(H2,22,23,24,25)/t12-,15-/m1/s1. The predicted octanol–water partition coefficient (Wildman–Crippen LogP) is 2.95. The van der Waals surface area contributed by atoms with Crippen molar-refractivity contribution in [1.29, 1.82) is 0 Å². The monoisotopic (exact) mass is 444 g/mol. The predicted molar refractivity (Wildman–Crippen MR) is 117 cm³/mol. The fraction of sp³-hybridized carbons (Fsp3) is 0.450. The quantitative estimate of drug-likeness (QED) is 0.550. The minimum Gasteiger partial charge on any atom is -0.376 e. The van der Waals surface area contributed by atoms with Crippen LogP contribution in [0.4, 0.5) is 16.3 Å². The molecule has 1 aliphatic rings. The van der Waals surface area contributed by atoms with Gasteiger partial charge >= 0.3 is 0 Å². The van der Waals surface area contributed by atoms with E-state index in [1.807, 2.05) is 25.6 Å². The maximum absolute atomic E-state index is 13.4. The molecular formula is C20H25FN8OS. The number of benzene rings is 1. The molecule has 11 heteroatoms. The molecule has 0 radical (unpaired) electrons. The summed E-state index contributed by atoms with van der Waals surface area (Å²) in [6, 6.07) is 6.26. The average molecular weight is 445 g/mol. The van der Waals surface area contributed by atoms with Gasteiger partial charge in [-0.15, -0.1) is 10.2 Å². The molecule has 0 bridgehead atoms. The van der Waals surface area contributed by atoms with Crippen LogP contribution in [-0.4, -0.2) is 56.5 Å². The topological polar surface area (TPSA) is 108 Å². The lowest BCUT2D eigenvalue weighted by Crippen LogP contribution is -2.18. The third-order valence-corrected chi connectivity index (χ3v) is 6.01. The molecule has 0 amide bonds. The van der Waals surface area contributed by atoms with E-state index in [9.17, 15) is 4.39 Å². The second-order valence-corrected chi connectivity index (χ2v) is 8.87. The van der Waals surface area contributed by atoms with Gasteiger partial charge in [-0.05, 0) is 44.0 Å². The van der Waals surface area contributed by atoms with Crippen molar-refractivity contribution in [1.82, 2.24) is 29.7 Å². The molecule has 1 aromatic carbocycles. The number of nitrogen functional groups attached to an aromatic ring is 1. The maximum Gasteiger partial charge on any atom is 0.229 e. The lowest BCUT2D eigenvalue weighted by molar-refractivity contribution is 0.0953. The second-order valence-electron chi connectivity index (χ2n) is 7.57. The first kappa shape index (κ1) is 21.4. The van der Waals surface area contributed by atoms with E-state index in [1.54, 1.807) is 17.0 Å². The van der Waals surface area contributed by atoms with Crippen molar-refractivity contribution in [3.63, 3.8) is 0 Å². The molecule has 164 valence electrons. The van der Waals surface area contributed by atoms with Crippen molar-refractivity contribution in [3.05, 3.63) is 35.9 Å². The number of hydrogen-bond acceptors (Lipinski definition) is 9. The Bertz CT molecular complexity index is 1040. The number of nitrogens with two attached hydrogens (primary N) is 1. The lowest BCUT2D eigenvalue weighted by atomic mass is 10.2. The highest BCUT2D eigenvalue weighted by atomic mass is 32.2. The molecule has 1 saturated heterocycles. The van der Waals surface area contributed by atoms with Gasteiger partial charge in [0, 0.05) is 26.3 Å². The number of thioether (sulfide) groups is 1. The second kappa shape index (κ2) is 9.15. The molecule has 0 spiro atoms. The SMILES string of the molecule is C[C@@H](Sc1nnc(-c2ccc(F)cc2)n1C[C@H]1CCCO1)c1nc(N)nc(N(C)C)n1. The van der Waals surface area contributed by atoms with Gasteiger partial charge < -0.3 is 15.4 Å². The van der Waals surface area contributed by atoms with E-state index in [-0.39, 0.29) is 23.1 Å². The number of rotatable bonds is 7. The largest absolute Gasteiger partial charge is 0.376 e. The lowest BCUT2D eigenvalue weighted by Gasteiger charge is -2.17. The van der Waals surface area contributed by atoms with Crippen LogP contribution in [0.2, 0.25) is 0 Å². The Hall–Kier alpha value is -2.79. The van der Waals surface area contributed by atoms with E-state index in [0.717, 1.165) is 25.0 Å². The van der Waals surface area contributed by atoms with Crippen LogP contribution in [0.5, 0.6) is 0 Å². The summed E-state index contributed by atoms with van der Waals surface area (Å²) in [6.45, 7) is 3.37. The molecule has 1 aliphatic heterocycles. The molecule has 3 aromatic rings. The Balaban J connectivity index is 1.65. The first-order valence-corrected chi connectivity index (χ1v) is 10.9. The van der Waals surface area contributed by atoms with Crippen LogP contribution >= 0.6 is 11.8 Å². The zero-order chi connectivity index (χ0) is 22.0. The maximum atomic E-state index is 13.4. The third kappa shape index (κ3) is 4.93. The van der Waals surface area contributed by atoms with Crippen LogP contribution in [0.3, 0.4) is 0 Å². The smallest absolute Gasteiger partial charge is 0.229 e. The average Bonchev–Trinajstić information content (AvgIpc) is 3.39. The first-order chi connectivity index (χ1) is 14.9. The molecule has 9 nitrogen and oxygen atoms in total. The summed E-state index contributed by atoms with van der Waals surface area (Å²) in [5.41, 5.74) is 6.68. The summed E-state index contributed by atoms with van der Waals surface area (Å²) in [5, 5.41) is 9.39. The molecule has 0 aliphatic carbocycles. The van der Waals surface area contributed by atoms with Crippen LogP contribution in [0.15, 0.2) is 29.4 Å². The molecule has 3 heterocycles. The van der Waals surface area contributed by atoms with Crippen LogP contribution in [0.1, 0.15) is 30.8 Å². The summed E-state index contributed by atoms with van der Waals surface area (Å²) < 4.78 is 21.3. The Labute approximate surface area is 184 Å². The number of halogens is 1. The molecule has 1 fully saturated rings. The van der Waals surface area contributed by atoms with Gasteiger partial charge in [0.25, 0.3) is 0 Å². The van der Waals surface area contributed by atoms with E-state index in [1.165, 1.54) is 23.9 Å². The highest BCUT2D eigenvalue weighted by Crippen LogP contribution is 2.35. The van der Waals surface area contributed by atoms with Crippen LogP contribution < -0.4 is 10.6 Å². The number of anilines is 2. The van der Waals surface area contributed by atoms with Gasteiger partial charge in [0.15, 0.2) is 11.0 Å². The Kier molecular flexibility index (Phi) is 6.33. The van der Waals surface area contributed by atoms with E-state index < -0.39 is 0 Å². The minimum absolute atomic E-state index is 0.0954. The van der Waals surface area contributed by atoms with Gasteiger partial charge in [0.05, 0.1) is 17.9 Å². The van der Waals surface area contributed by atoms with Gasteiger partial charge in [-0.2, -0.15) is 15.0 Å². The minimum atomic E-state index is -0.290.